The molecule has 0 saturated carbocycles. The first-order valence-electron chi connectivity index (χ1n) is 9.14. The lowest BCUT2D eigenvalue weighted by molar-refractivity contribution is -0.144. The van der Waals surface area contributed by atoms with Crippen LogP contribution in [0.25, 0.3) is 0 Å². The number of esters is 2. The van der Waals surface area contributed by atoms with Gasteiger partial charge in [-0.3, -0.25) is 4.79 Å². The van der Waals surface area contributed by atoms with E-state index in [2.05, 4.69) is 11.9 Å². The lowest BCUT2D eigenvalue weighted by Crippen LogP contribution is -2.48. The predicted molar refractivity (Wildman–Crippen MR) is 106 cm³/mol. The van der Waals surface area contributed by atoms with Crippen molar-refractivity contribution in [1.29, 1.82) is 0 Å². The van der Waals surface area contributed by atoms with E-state index in [-0.39, 0.29) is 42.6 Å². The number of anilines is 1. The molecule has 0 unspecified atom stereocenters. The molecule has 0 radical (unpaired) electrons. The van der Waals surface area contributed by atoms with Crippen molar-refractivity contribution < 1.29 is 33.3 Å². The van der Waals surface area contributed by atoms with E-state index in [0.717, 1.165) is 0 Å². The van der Waals surface area contributed by atoms with Crippen LogP contribution in [0.5, 0.6) is 0 Å². The second-order valence-electron chi connectivity index (χ2n) is 6.54. The number of fused-ring (bicyclic) bond motifs is 2. The molecule has 2 heterocycles. The van der Waals surface area contributed by atoms with Crippen molar-refractivity contribution in [3.05, 3.63) is 65.3 Å². The smallest absolute Gasteiger partial charge is 0.341 e. The summed E-state index contributed by atoms with van der Waals surface area (Å²) in [4.78, 5) is 39.4. The van der Waals surface area contributed by atoms with Crippen LogP contribution in [0.3, 0.4) is 0 Å². The van der Waals surface area contributed by atoms with Crippen molar-refractivity contribution in [2.75, 3.05) is 32.2 Å². The molecular formula is C21H22N2O7. The maximum Gasteiger partial charge on any atom is 0.341 e. The number of allylic oxidation sites excluding steroid dienone is 1. The Balaban J connectivity index is 2.23. The molecule has 3 N–H and O–H groups in total. The van der Waals surface area contributed by atoms with E-state index in [1.54, 1.807) is 24.3 Å². The highest BCUT2D eigenvalue weighted by molar-refractivity contribution is 6.21. The molecule has 0 aromatic heterocycles. The Morgan fingerprint density at radius 1 is 1.20 bits per heavy atom. The summed E-state index contributed by atoms with van der Waals surface area (Å²) < 4.78 is 20.8. The minimum Gasteiger partial charge on any atom is -0.460 e. The van der Waals surface area contributed by atoms with Crippen molar-refractivity contribution in [2.45, 2.75) is 12.3 Å². The fourth-order valence-corrected chi connectivity index (χ4v) is 3.64. The number of amides is 1. The Morgan fingerprint density at radius 3 is 2.60 bits per heavy atom. The van der Waals surface area contributed by atoms with E-state index < -0.39 is 23.3 Å². The molecule has 0 bridgehead atoms. The molecule has 0 aliphatic carbocycles. The van der Waals surface area contributed by atoms with Crippen LogP contribution in [0.2, 0.25) is 0 Å². The third kappa shape index (κ3) is 3.22. The van der Waals surface area contributed by atoms with Gasteiger partial charge in [0.25, 0.3) is 0 Å². The van der Waals surface area contributed by atoms with E-state index in [9.17, 15) is 14.4 Å². The third-order valence-corrected chi connectivity index (χ3v) is 4.79. The first-order valence-corrected chi connectivity index (χ1v) is 9.14. The van der Waals surface area contributed by atoms with Gasteiger partial charge in [0.15, 0.2) is 0 Å². The minimum absolute atomic E-state index is 0.0434. The zero-order valence-electron chi connectivity index (χ0n) is 16.7. The fraction of sp³-hybridized carbons (Fsp3) is 0.286. The van der Waals surface area contributed by atoms with Crippen LogP contribution >= 0.6 is 0 Å². The highest BCUT2D eigenvalue weighted by Gasteiger charge is 2.61. The molecule has 2 aliphatic rings. The molecular weight excluding hydrogens is 392 g/mol. The summed E-state index contributed by atoms with van der Waals surface area (Å²) in [6.45, 7) is 4.95. The van der Waals surface area contributed by atoms with Crippen molar-refractivity contribution in [3.63, 3.8) is 0 Å². The monoisotopic (exact) mass is 414 g/mol. The number of rotatable bonds is 7. The number of benzene rings is 1. The average Bonchev–Trinajstić information content (AvgIpc) is 2.98. The Kier molecular flexibility index (Phi) is 5.93. The summed E-state index contributed by atoms with van der Waals surface area (Å²) >= 11 is 0. The third-order valence-electron chi connectivity index (χ3n) is 4.79. The molecule has 9 nitrogen and oxygen atoms in total. The van der Waals surface area contributed by atoms with Crippen LogP contribution < -0.4 is 11.1 Å². The molecule has 158 valence electrons. The van der Waals surface area contributed by atoms with Gasteiger partial charge >= 0.3 is 11.9 Å². The number of para-hydroxylation sites is 1. The zero-order valence-corrected chi connectivity index (χ0v) is 16.7. The summed E-state index contributed by atoms with van der Waals surface area (Å²) in [6, 6.07) is 6.68. The van der Waals surface area contributed by atoms with Gasteiger partial charge in [-0.2, -0.15) is 0 Å². The van der Waals surface area contributed by atoms with E-state index in [0.29, 0.717) is 11.3 Å². The minimum atomic E-state index is -1.88. The molecule has 0 fully saturated rings. The number of hydrogen-bond donors (Lipinski definition) is 2. The summed E-state index contributed by atoms with van der Waals surface area (Å²) in [5, 5.41) is 2.71. The highest BCUT2D eigenvalue weighted by atomic mass is 16.6. The largest absolute Gasteiger partial charge is 0.460 e. The first kappa shape index (κ1) is 21.1. The normalized spacial score (nSPS) is 19.9. The SMILES string of the molecule is C=CCOC(=O)C1=C(C)OC(N)=C(C(=O)OCCOC)[C@]12C(=O)Nc1ccccc12. The van der Waals surface area contributed by atoms with Crippen molar-refractivity contribution >= 4 is 23.5 Å². The lowest BCUT2D eigenvalue weighted by atomic mass is 9.67. The van der Waals surface area contributed by atoms with Crippen molar-refractivity contribution in [3.8, 4) is 0 Å². The number of hydrogen-bond acceptors (Lipinski definition) is 8. The molecule has 2 aliphatic heterocycles. The maximum atomic E-state index is 13.4. The Hall–Kier alpha value is -3.59. The first-order chi connectivity index (χ1) is 14.4. The van der Waals surface area contributed by atoms with Crippen molar-refractivity contribution in [2.24, 2.45) is 5.73 Å². The van der Waals surface area contributed by atoms with Gasteiger partial charge in [-0.05, 0) is 13.0 Å². The Labute approximate surface area is 173 Å². The van der Waals surface area contributed by atoms with Crippen LogP contribution in [0.4, 0.5) is 5.69 Å². The van der Waals surface area contributed by atoms with Crippen LogP contribution in [-0.2, 0) is 38.7 Å². The number of nitrogens with two attached hydrogens (primary N) is 1. The molecule has 30 heavy (non-hydrogen) atoms. The number of ether oxygens (including phenoxy) is 4. The van der Waals surface area contributed by atoms with Gasteiger partial charge in [0, 0.05) is 18.4 Å². The summed E-state index contributed by atoms with van der Waals surface area (Å²) in [5.41, 5.74) is 4.52. The average molecular weight is 414 g/mol. The topological polar surface area (TPSA) is 126 Å². The molecule has 1 spiro atoms. The van der Waals surface area contributed by atoms with Gasteiger partial charge in [0.2, 0.25) is 11.8 Å². The molecule has 1 aromatic rings. The van der Waals surface area contributed by atoms with Gasteiger partial charge < -0.3 is 30.0 Å². The zero-order chi connectivity index (χ0) is 21.9. The van der Waals surface area contributed by atoms with Crippen LogP contribution in [0, 0.1) is 0 Å². The summed E-state index contributed by atoms with van der Waals surface area (Å²) in [6.07, 6.45) is 1.39. The molecule has 0 saturated heterocycles. The fourth-order valence-electron chi connectivity index (χ4n) is 3.64. The second-order valence-corrected chi connectivity index (χ2v) is 6.54. The van der Waals surface area contributed by atoms with Gasteiger partial charge in [-0.25, -0.2) is 9.59 Å². The van der Waals surface area contributed by atoms with E-state index in [1.165, 1.54) is 20.1 Å². The van der Waals surface area contributed by atoms with Gasteiger partial charge in [-0.15, -0.1) is 0 Å². The quantitative estimate of drug-likeness (QED) is 0.388. The lowest BCUT2D eigenvalue weighted by Gasteiger charge is -2.35. The summed E-state index contributed by atoms with van der Waals surface area (Å²) in [7, 11) is 1.45. The molecule has 1 aromatic carbocycles. The number of carbonyl (C=O) groups is 3. The van der Waals surface area contributed by atoms with Gasteiger partial charge in [-0.1, -0.05) is 30.9 Å². The highest BCUT2D eigenvalue weighted by Crippen LogP contribution is 2.52. The Bertz CT molecular complexity index is 979. The number of nitrogens with one attached hydrogen (secondary N) is 1. The standard InChI is InChI=1S/C21H22N2O7/c1-4-9-28-18(24)15-12(2)30-17(22)16(19(25)29-11-10-27-3)21(15)13-7-5-6-8-14(13)23-20(21)26/h4-8H,1,9-11,22H2,2-3H3,(H,23,26)/t21-/m1/s1. The van der Waals surface area contributed by atoms with Gasteiger partial charge in [0.1, 0.15) is 35.5 Å². The second kappa shape index (κ2) is 8.42. The number of methoxy groups -OCH3 is 1. The van der Waals surface area contributed by atoms with E-state index in [4.69, 9.17) is 24.7 Å². The predicted octanol–water partition coefficient (Wildman–Crippen LogP) is 1.27. The van der Waals surface area contributed by atoms with Gasteiger partial charge in [0.05, 0.1) is 6.61 Å². The van der Waals surface area contributed by atoms with Crippen LogP contribution in [0.1, 0.15) is 12.5 Å². The van der Waals surface area contributed by atoms with E-state index in [1.807, 2.05) is 0 Å². The van der Waals surface area contributed by atoms with Crippen LogP contribution in [0.15, 0.2) is 59.7 Å². The van der Waals surface area contributed by atoms with E-state index >= 15 is 0 Å². The van der Waals surface area contributed by atoms with Crippen LogP contribution in [-0.4, -0.2) is 44.8 Å². The van der Waals surface area contributed by atoms with Crippen molar-refractivity contribution in [1.82, 2.24) is 0 Å². The number of carbonyl (C=O) groups excluding carboxylic acids is 3. The summed E-state index contributed by atoms with van der Waals surface area (Å²) in [5.74, 6) is -2.67. The maximum absolute atomic E-state index is 13.4. The molecule has 3 rings (SSSR count). The molecule has 9 heteroatoms. The Morgan fingerprint density at radius 2 is 1.90 bits per heavy atom. The molecule has 1 amide bonds. The molecule has 1 atom stereocenters.